The predicted octanol–water partition coefficient (Wildman–Crippen LogP) is 0.786. The van der Waals surface area contributed by atoms with Crippen molar-refractivity contribution in [1.29, 1.82) is 0 Å². The fourth-order valence-electron chi connectivity index (χ4n) is 2.93. The molecule has 0 spiro atoms. The molecule has 0 aromatic rings. The van der Waals surface area contributed by atoms with Crippen LogP contribution >= 0.6 is 0 Å². The molecule has 1 saturated heterocycles. The van der Waals surface area contributed by atoms with E-state index in [0.29, 0.717) is 25.9 Å². The molecule has 0 atom stereocenters. The molecule has 2 aliphatic rings. The van der Waals surface area contributed by atoms with Gasteiger partial charge in [-0.15, -0.1) is 0 Å². The number of rotatable bonds is 3. The van der Waals surface area contributed by atoms with Crippen molar-refractivity contribution in [3.8, 4) is 0 Å². The van der Waals surface area contributed by atoms with Crippen LogP contribution in [-0.2, 0) is 9.59 Å². The Morgan fingerprint density at radius 3 is 2.55 bits per heavy atom. The molecule has 6 heteroatoms. The first-order valence-corrected chi connectivity index (χ1v) is 7.98. The van der Waals surface area contributed by atoms with Gasteiger partial charge in [-0.3, -0.25) is 14.6 Å². The zero-order chi connectivity index (χ0) is 16.1. The maximum absolute atomic E-state index is 12.5. The van der Waals surface area contributed by atoms with E-state index in [1.165, 1.54) is 6.92 Å². The molecule has 1 heterocycles. The van der Waals surface area contributed by atoms with Crippen LogP contribution < -0.4 is 5.73 Å². The fraction of sp³-hybridized carbons (Fsp3) is 0.688. The van der Waals surface area contributed by atoms with Crippen LogP contribution in [0.1, 0.15) is 45.4 Å². The van der Waals surface area contributed by atoms with Gasteiger partial charge in [0.15, 0.2) is 5.78 Å². The molecule has 0 aromatic carbocycles. The summed E-state index contributed by atoms with van der Waals surface area (Å²) in [6, 6.07) is 0. The lowest BCUT2D eigenvalue weighted by atomic mass is 9.90. The highest BCUT2D eigenvalue weighted by atomic mass is 16.3. The van der Waals surface area contributed by atoms with Crippen LogP contribution in [0.3, 0.4) is 0 Å². The third-order valence-electron chi connectivity index (χ3n) is 4.24. The van der Waals surface area contributed by atoms with Gasteiger partial charge in [0.1, 0.15) is 5.70 Å². The number of hydrogen-bond donors (Lipinski definition) is 2. The second-order valence-corrected chi connectivity index (χ2v) is 6.09. The second-order valence-electron chi connectivity index (χ2n) is 6.09. The Hall–Kier alpha value is -1.69. The highest BCUT2D eigenvalue weighted by Gasteiger charge is 2.26. The number of aliphatic hydroxyl groups is 1. The van der Waals surface area contributed by atoms with Gasteiger partial charge in [0.25, 0.3) is 5.91 Å². The van der Waals surface area contributed by atoms with Crippen molar-refractivity contribution in [2.45, 2.75) is 51.6 Å². The van der Waals surface area contributed by atoms with Crippen molar-refractivity contribution >= 4 is 17.4 Å². The normalized spacial score (nSPS) is 24.5. The summed E-state index contributed by atoms with van der Waals surface area (Å²) in [7, 11) is 0. The Kier molecular flexibility index (Phi) is 5.71. The van der Waals surface area contributed by atoms with Crippen LogP contribution in [0.4, 0.5) is 0 Å². The van der Waals surface area contributed by atoms with E-state index in [0.717, 1.165) is 37.0 Å². The van der Waals surface area contributed by atoms with Gasteiger partial charge < -0.3 is 15.7 Å². The second kappa shape index (κ2) is 7.54. The standard InChI is InChI=1S/C16H25N3O3/c1-11(20)10-18-14-5-3-2-4-13(14)15(17)16(22)19-8-6-12(21)7-9-19/h12,21H,2-10,17H2,1H3/b15-13-,18-14?. The number of nitrogens with two attached hydrogens (primary N) is 1. The molecule has 2 rings (SSSR count). The summed E-state index contributed by atoms with van der Waals surface area (Å²) in [4.78, 5) is 29.7. The van der Waals surface area contributed by atoms with Crippen molar-refractivity contribution in [2.75, 3.05) is 19.6 Å². The van der Waals surface area contributed by atoms with Crippen molar-refractivity contribution in [2.24, 2.45) is 10.7 Å². The maximum atomic E-state index is 12.5. The zero-order valence-electron chi connectivity index (χ0n) is 13.2. The number of Topliss-reactive ketones (excluding diaryl/α,β-unsaturated/α-hetero) is 1. The number of amides is 1. The molecule has 0 radical (unpaired) electrons. The highest BCUT2D eigenvalue weighted by molar-refractivity contribution is 6.08. The van der Waals surface area contributed by atoms with Crippen LogP contribution in [0, 0.1) is 0 Å². The summed E-state index contributed by atoms with van der Waals surface area (Å²) >= 11 is 0. The molecular formula is C16H25N3O3. The van der Waals surface area contributed by atoms with E-state index >= 15 is 0 Å². The molecule has 0 bridgehead atoms. The van der Waals surface area contributed by atoms with Crippen LogP contribution in [-0.4, -0.2) is 53.1 Å². The Morgan fingerprint density at radius 1 is 1.27 bits per heavy atom. The Labute approximate surface area is 131 Å². The summed E-state index contributed by atoms with van der Waals surface area (Å²) in [6.45, 7) is 2.72. The quantitative estimate of drug-likeness (QED) is 0.753. The van der Waals surface area contributed by atoms with Gasteiger partial charge in [0.2, 0.25) is 0 Å². The molecule has 2 fully saturated rings. The number of allylic oxidation sites excluding steroid dienone is 1. The molecule has 22 heavy (non-hydrogen) atoms. The highest BCUT2D eigenvalue weighted by Crippen LogP contribution is 2.24. The fourth-order valence-corrected chi connectivity index (χ4v) is 2.93. The Morgan fingerprint density at radius 2 is 1.91 bits per heavy atom. The third kappa shape index (κ3) is 4.16. The van der Waals surface area contributed by atoms with Gasteiger partial charge in [-0.25, -0.2) is 0 Å². The van der Waals surface area contributed by atoms with E-state index in [-0.39, 0.29) is 30.0 Å². The summed E-state index contributed by atoms with van der Waals surface area (Å²) in [5.41, 5.74) is 8.00. The summed E-state index contributed by atoms with van der Waals surface area (Å²) in [5.74, 6) is -0.160. The van der Waals surface area contributed by atoms with E-state index in [4.69, 9.17) is 5.73 Å². The van der Waals surface area contributed by atoms with Crippen LogP contribution in [0.2, 0.25) is 0 Å². The summed E-state index contributed by atoms with van der Waals surface area (Å²) in [6.07, 6.45) is 4.39. The van der Waals surface area contributed by atoms with Gasteiger partial charge in [0, 0.05) is 24.4 Å². The minimum absolute atomic E-state index is 0.00680. The SMILES string of the molecule is CC(=O)CN=C1CCCC/C1=C(/N)C(=O)N1CCC(O)CC1. The number of carbonyl (C=O) groups is 2. The number of carbonyl (C=O) groups excluding carboxylic acids is 2. The van der Waals surface area contributed by atoms with Crippen molar-refractivity contribution in [3.05, 3.63) is 11.3 Å². The average molecular weight is 307 g/mol. The summed E-state index contributed by atoms with van der Waals surface area (Å²) in [5, 5.41) is 9.53. The van der Waals surface area contributed by atoms with Crippen molar-refractivity contribution in [3.63, 3.8) is 0 Å². The van der Waals surface area contributed by atoms with Crippen LogP contribution in [0.25, 0.3) is 0 Å². The number of nitrogens with zero attached hydrogens (tertiary/aromatic N) is 2. The van der Waals surface area contributed by atoms with E-state index in [2.05, 4.69) is 4.99 Å². The number of ketones is 1. The van der Waals surface area contributed by atoms with Gasteiger partial charge in [0.05, 0.1) is 12.6 Å². The van der Waals surface area contributed by atoms with Crippen molar-refractivity contribution < 1.29 is 14.7 Å². The van der Waals surface area contributed by atoms with E-state index in [1.807, 2.05) is 0 Å². The Balaban J connectivity index is 2.15. The minimum Gasteiger partial charge on any atom is -0.394 e. The molecule has 1 aliphatic carbocycles. The Bertz CT molecular complexity index is 503. The van der Waals surface area contributed by atoms with Gasteiger partial charge in [-0.1, -0.05) is 0 Å². The minimum atomic E-state index is -0.319. The van der Waals surface area contributed by atoms with Crippen LogP contribution in [0.15, 0.2) is 16.3 Å². The maximum Gasteiger partial charge on any atom is 0.270 e. The van der Waals surface area contributed by atoms with Crippen molar-refractivity contribution in [1.82, 2.24) is 4.90 Å². The number of aliphatic imine (C=N–C) groups is 1. The van der Waals surface area contributed by atoms with E-state index < -0.39 is 0 Å². The number of piperidine rings is 1. The number of hydrogen-bond acceptors (Lipinski definition) is 5. The number of likely N-dealkylation sites (tertiary alicyclic amines) is 1. The molecule has 1 aliphatic heterocycles. The molecule has 3 N–H and O–H groups in total. The van der Waals surface area contributed by atoms with E-state index in [9.17, 15) is 14.7 Å². The van der Waals surface area contributed by atoms with Gasteiger partial charge in [-0.2, -0.15) is 0 Å². The van der Waals surface area contributed by atoms with E-state index in [1.54, 1.807) is 4.90 Å². The number of aliphatic hydroxyl groups excluding tert-OH is 1. The first-order chi connectivity index (χ1) is 10.5. The van der Waals surface area contributed by atoms with Gasteiger partial charge in [-0.05, 0) is 45.4 Å². The molecule has 6 nitrogen and oxygen atoms in total. The molecule has 1 amide bonds. The molecule has 0 unspecified atom stereocenters. The molecule has 0 aromatic heterocycles. The smallest absolute Gasteiger partial charge is 0.270 e. The first kappa shape index (κ1) is 16.7. The van der Waals surface area contributed by atoms with Gasteiger partial charge >= 0.3 is 0 Å². The molecular weight excluding hydrogens is 282 g/mol. The lowest BCUT2D eigenvalue weighted by Gasteiger charge is -2.30. The molecule has 1 saturated carbocycles. The lowest BCUT2D eigenvalue weighted by Crippen LogP contribution is -2.42. The predicted molar refractivity (Wildman–Crippen MR) is 84.5 cm³/mol. The zero-order valence-corrected chi connectivity index (χ0v) is 13.2. The lowest BCUT2D eigenvalue weighted by molar-refractivity contribution is -0.129. The average Bonchev–Trinajstić information content (AvgIpc) is 2.52. The largest absolute Gasteiger partial charge is 0.394 e. The first-order valence-electron chi connectivity index (χ1n) is 7.98. The monoisotopic (exact) mass is 307 g/mol. The molecule has 122 valence electrons. The summed E-state index contributed by atoms with van der Waals surface area (Å²) < 4.78 is 0. The third-order valence-corrected chi connectivity index (χ3v) is 4.24. The van der Waals surface area contributed by atoms with Crippen LogP contribution in [0.5, 0.6) is 0 Å². The topological polar surface area (TPSA) is 96.0 Å².